The Hall–Kier alpha value is -2.18. The molecule has 2 heterocycles. The maximum Gasteiger partial charge on any atom is 0.321 e. The zero-order chi connectivity index (χ0) is 12.1. The second-order valence-electron chi connectivity index (χ2n) is 3.30. The molecule has 17 heavy (non-hydrogen) atoms. The highest BCUT2D eigenvalue weighted by Crippen LogP contribution is 2.17. The van der Waals surface area contributed by atoms with Crippen molar-refractivity contribution in [2.45, 2.75) is 13.3 Å². The van der Waals surface area contributed by atoms with Gasteiger partial charge in [-0.15, -0.1) is 0 Å². The van der Waals surface area contributed by atoms with Crippen LogP contribution in [0.5, 0.6) is 5.88 Å². The number of hydrogen-bond acceptors (Lipinski definition) is 7. The molecular formula is C10H13N5O2. The van der Waals surface area contributed by atoms with E-state index in [1.165, 1.54) is 13.4 Å². The van der Waals surface area contributed by atoms with Crippen LogP contribution < -0.4 is 10.1 Å². The van der Waals surface area contributed by atoms with Gasteiger partial charge in [-0.3, -0.25) is 0 Å². The van der Waals surface area contributed by atoms with Gasteiger partial charge in [0.25, 0.3) is 0 Å². The van der Waals surface area contributed by atoms with Gasteiger partial charge in [0, 0.05) is 12.6 Å². The van der Waals surface area contributed by atoms with Gasteiger partial charge in [-0.2, -0.15) is 4.98 Å². The maximum atomic E-state index is 5.02. The van der Waals surface area contributed by atoms with Crippen LogP contribution in [0.3, 0.4) is 0 Å². The molecule has 0 saturated carbocycles. The van der Waals surface area contributed by atoms with Gasteiger partial charge in [0.05, 0.1) is 7.11 Å². The van der Waals surface area contributed by atoms with Crippen LogP contribution >= 0.6 is 0 Å². The van der Waals surface area contributed by atoms with E-state index in [1.54, 1.807) is 6.07 Å². The number of methoxy groups -OCH3 is 1. The van der Waals surface area contributed by atoms with Crippen LogP contribution in [0.15, 0.2) is 16.9 Å². The van der Waals surface area contributed by atoms with E-state index in [4.69, 9.17) is 9.26 Å². The van der Waals surface area contributed by atoms with Crippen LogP contribution in [0.1, 0.15) is 13.3 Å². The van der Waals surface area contributed by atoms with Crippen molar-refractivity contribution >= 4 is 6.01 Å². The summed E-state index contributed by atoms with van der Waals surface area (Å²) in [5.74, 6) is 0.868. The van der Waals surface area contributed by atoms with Gasteiger partial charge in [-0.1, -0.05) is 12.1 Å². The van der Waals surface area contributed by atoms with E-state index < -0.39 is 0 Å². The number of hydrogen-bond donors (Lipinski definition) is 1. The summed E-state index contributed by atoms with van der Waals surface area (Å²) in [4.78, 5) is 12.1. The van der Waals surface area contributed by atoms with Gasteiger partial charge in [0.1, 0.15) is 12.0 Å². The lowest BCUT2D eigenvalue weighted by molar-refractivity contribution is 0.397. The minimum absolute atomic E-state index is 0.388. The smallest absolute Gasteiger partial charge is 0.321 e. The average molecular weight is 235 g/mol. The lowest BCUT2D eigenvalue weighted by Gasteiger charge is -1.97. The van der Waals surface area contributed by atoms with Crippen molar-refractivity contribution in [2.75, 3.05) is 19.0 Å². The molecule has 2 aromatic heterocycles. The van der Waals surface area contributed by atoms with Crippen molar-refractivity contribution in [3.05, 3.63) is 12.4 Å². The number of aromatic nitrogens is 4. The van der Waals surface area contributed by atoms with E-state index in [1.807, 2.05) is 0 Å². The molecule has 0 atom stereocenters. The number of rotatable bonds is 5. The number of nitrogens with one attached hydrogen (secondary N) is 1. The molecule has 7 heteroatoms. The van der Waals surface area contributed by atoms with E-state index in [0.29, 0.717) is 23.4 Å². The Morgan fingerprint density at radius 2 is 2.29 bits per heavy atom. The first-order chi connectivity index (χ1) is 8.33. The molecule has 0 bridgehead atoms. The van der Waals surface area contributed by atoms with Gasteiger partial charge >= 0.3 is 6.01 Å². The van der Waals surface area contributed by atoms with Crippen molar-refractivity contribution in [3.63, 3.8) is 0 Å². The van der Waals surface area contributed by atoms with Gasteiger partial charge in [-0.25, -0.2) is 9.97 Å². The highest BCUT2D eigenvalue weighted by molar-refractivity contribution is 5.50. The normalized spacial score (nSPS) is 10.2. The van der Waals surface area contributed by atoms with Crippen molar-refractivity contribution in [1.29, 1.82) is 0 Å². The summed E-state index contributed by atoms with van der Waals surface area (Å²) in [6, 6.07) is 2.04. The van der Waals surface area contributed by atoms with E-state index >= 15 is 0 Å². The molecule has 1 N–H and O–H groups in total. The standard InChI is InChI=1S/C10H13N5O2/c1-3-4-11-10-14-9(15-17-10)7-5-8(16-2)13-6-12-7/h5-6H,3-4H2,1-2H3,(H,11,14,15). The first-order valence-electron chi connectivity index (χ1n) is 5.27. The van der Waals surface area contributed by atoms with Gasteiger partial charge in [0.2, 0.25) is 11.7 Å². The second-order valence-corrected chi connectivity index (χ2v) is 3.30. The Kier molecular flexibility index (Phi) is 3.49. The topological polar surface area (TPSA) is 86.0 Å². The van der Waals surface area contributed by atoms with Crippen LogP contribution in [0.2, 0.25) is 0 Å². The van der Waals surface area contributed by atoms with Crippen molar-refractivity contribution < 1.29 is 9.26 Å². The Labute approximate surface area is 98.2 Å². The van der Waals surface area contributed by atoms with Crippen LogP contribution in [0.25, 0.3) is 11.5 Å². The fourth-order valence-electron chi connectivity index (χ4n) is 1.20. The summed E-state index contributed by atoms with van der Waals surface area (Å²) < 4.78 is 10.0. The molecule has 0 aliphatic carbocycles. The molecule has 0 aromatic carbocycles. The lowest BCUT2D eigenvalue weighted by atomic mass is 10.4. The van der Waals surface area contributed by atoms with Gasteiger partial charge in [0.15, 0.2) is 0 Å². The molecule has 0 fully saturated rings. The lowest BCUT2D eigenvalue weighted by Crippen LogP contribution is -1.99. The van der Waals surface area contributed by atoms with E-state index in [-0.39, 0.29) is 0 Å². The molecule has 0 unspecified atom stereocenters. The molecule has 0 saturated heterocycles. The molecule has 2 aromatic rings. The minimum atomic E-state index is 0.388. The zero-order valence-corrected chi connectivity index (χ0v) is 9.67. The Morgan fingerprint density at radius 3 is 3.06 bits per heavy atom. The van der Waals surface area contributed by atoms with E-state index in [2.05, 4.69) is 32.3 Å². The summed E-state index contributed by atoms with van der Waals surface area (Å²) >= 11 is 0. The quantitative estimate of drug-likeness (QED) is 0.837. The molecule has 0 aliphatic heterocycles. The van der Waals surface area contributed by atoms with E-state index in [9.17, 15) is 0 Å². The Bertz CT molecular complexity index is 485. The molecule has 0 spiro atoms. The largest absolute Gasteiger partial charge is 0.481 e. The third-order valence-corrected chi connectivity index (χ3v) is 2.03. The van der Waals surface area contributed by atoms with Crippen molar-refractivity contribution in [2.24, 2.45) is 0 Å². The fourth-order valence-corrected chi connectivity index (χ4v) is 1.20. The molecule has 90 valence electrons. The van der Waals surface area contributed by atoms with Crippen LogP contribution in [-0.4, -0.2) is 33.8 Å². The SMILES string of the molecule is CCCNc1nc(-c2cc(OC)ncn2)no1. The first kappa shape index (κ1) is 11.3. The highest BCUT2D eigenvalue weighted by Gasteiger charge is 2.10. The minimum Gasteiger partial charge on any atom is -0.481 e. The summed E-state index contributed by atoms with van der Waals surface area (Å²) in [5.41, 5.74) is 0.560. The maximum absolute atomic E-state index is 5.02. The number of nitrogens with zero attached hydrogens (tertiary/aromatic N) is 4. The third kappa shape index (κ3) is 2.68. The Morgan fingerprint density at radius 1 is 1.41 bits per heavy atom. The van der Waals surface area contributed by atoms with Crippen LogP contribution in [0, 0.1) is 0 Å². The summed E-state index contributed by atoms with van der Waals surface area (Å²) in [7, 11) is 1.54. The average Bonchev–Trinajstić information content (AvgIpc) is 2.85. The zero-order valence-electron chi connectivity index (χ0n) is 9.67. The monoisotopic (exact) mass is 235 g/mol. The van der Waals surface area contributed by atoms with E-state index in [0.717, 1.165) is 13.0 Å². The molecule has 7 nitrogen and oxygen atoms in total. The summed E-state index contributed by atoms with van der Waals surface area (Å²) in [6.07, 6.45) is 2.38. The van der Waals surface area contributed by atoms with Crippen LogP contribution in [-0.2, 0) is 0 Å². The highest BCUT2D eigenvalue weighted by atomic mass is 16.5. The van der Waals surface area contributed by atoms with Crippen LogP contribution in [0.4, 0.5) is 6.01 Å². The number of ether oxygens (including phenoxy) is 1. The molecule has 2 rings (SSSR count). The second kappa shape index (κ2) is 5.24. The summed E-state index contributed by atoms with van der Waals surface area (Å²) in [6.45, 7) is 2.84. The predicted octanol–water partition coefficient (Wildman–Crippen LogP) is 1.36. The Balaban J connectivity index is 2.18. The molecule has 0 radical (unpaired) electrons. The summed E-state index contributed by atoms with van der Waals surface area (Å²) in [5, 5.41) is 6.82. The molecular weight excluding hydrogens is 222 g/mol. The third-order valence-electron chi connectivity index (χ3n) is 2.03. The first-order valence-corrected chi connectivity index (χ1v) is 5.27. The van der Waals surface area contributed by atoms with Gasteiger partial charge in [-0.05, 0) is 6.42 Å². The van der Waals surface area contributed by atoms with Gasteiger partial charge < -0.3 is 14.6 Å². The predicted molar refractivity (Wildman–Crippen MR) is 60.7 cm³/mol. The fraction of sp³-hybridized carbons (Fsp3) is 0.400. The number of anilines is 1. The van der Waals surface area contributed by atoms with Crippen molar-refractivity contribution in [3.8, 4) is 17.4 Å². The molecule has 0 aliphatic rings. The molecule has 0 amide bonds. The van der Waals surface area contributed by atoms with Crippen molar-refractivity contribution in [1.82, 2.24) is 20.1 Å².